The van der Waals surface area contributed by atoms with Crippen molar-refractivity contribution in [1.29, 1.82) is 0 Å². The van der Waals surface area contributed by atoms with Gasteiger partial charge in [-0.25, -0.2) is 4.99 Å². The van der Waals surface area contributed by atoms with Crippen molar-refractivity contribution in [3.05, 3.63) is 11.6 Å². The number of aromatic nitrogens is 3. The van der Waals surface area contributed by atoms with Crippen LogP contribution >= 0.6 is 0 Å². The highest BCUT2D eigenvalue weighted by atomic mass is 15.3. The van der Waals surface area contributed by atoms with E-state index in [1.54, 1.807) is 0 Å². The number of fused-ring (bicyclic) bond motifs is 1. The van der Waals surface area contributed by atoms with Gasteiger partial charge in [-0.15, -0.1) is 10.2 Å². The third-order valence-electron chi connectivity index (χ3n) is 3.26. The molecule has 6 nitrogen and oxygen atoms in total. The zero-order valence-corrected chi connectivity index (χ0v) is 9.89. The molecule has 0 aromatic carbocycles. The largest absolute Gasteiger partial charge is 0.370 e. The van der Waals surface area contributed by atoms with Crippen molar-refractivity contribution in [2.24, 2.45) is 10.7 Å². The SMILES string of the molecule is NC(=NCc1nnc2n1CCCC2)NC1CC1. The first kappa shape index (κ1) is 10.6. The summed E-state index contributed by atoms with van der Waals surface area (Å²) in [6, 6.07) is 0.547. The van der Waals surface area contributed by atoms with Crippen molar-refractivity contribution in [2.75, 3.05) is 0 Å². The van der Waals surface area contributed by atoms with Gasteiger partial charge in [0.05, 0.1) is 0 Å². The standard InChI is InChI=1S/C11H18N6/c12-11(14-8-4-5-8)13-7-10-16-15-9-3-1-2-6-17(9)10/h8H,1-7H2,(H3,12,13,14). The molecule has 0 radical (unpaired) electrons. The lowest BCUT2D eigenvalue weighted by Gasteiger charge is -2.13. The molecule has 3 rings (SSSR count). The van der Waals surface area contributed by atoms with Gasteiger partial charge in [-0.3, -0.25) is 0 Å². The van der Waals surface area contributed by atoms with E-state index >= 15 is 0 Å². The van der Waals surface area contributed by atoms with Crippen LogP contribution in [0.2, 0.25) is 0 Å². The molecule has 0 spiro atoms. The summed E-state index contributed by atoms with van der Waals surface area (Å²) < 4.78 is 2.18. The Balaban J connectivity index is 1.65. The predicted molar refractivity (Wildman–Crippen MR) is 64.4 cm³/mol. The second-order valence-corrected chi connectivity index (χ2v) is 4.76. The maximum absolute atomic E-state index is 5.79. The highest BCUT2D eigenvalue weighted by Crippen LogP contribution is 2.18. The zero-order valence-electron chi connectivity index (χ0n) is 9.89. The van der Waals surface area contributed by atoms with Crippen LogP contribution in [0.25, 0.3) is 0 Å². The van der Waals surface area contributed by atoms with Gasteiger partial charge < -0.3 is 15.6 Å². The minimum Gasteiger partial charge on any atom is -0.370 e. The van der Waals surface area contributed by atoms with Crippen molar-refractivity contribution < 1.29 is 0 Å². The number of nitrogens with two attached hydrogens (primary N) is 1. The van der Waals surface area contributed by atoms with Gasteiger partial charge in [-0.1, -0.05) is 0 Å². The molecule has 0 unspecified atom stereocenters. The van der Waals surface area contributed by atoms with Crippen molar-refractivity contribution in [1.82, 2.24) is 20.1 Å². The minimum absolute atomic E-state index is 0.526. The summed E-state index contributed by atoms with van der Waals surface area (Å²) in [5.74, 6) is 2.55. The van der Waals surface area contributed by atoms with E-state index in [0.717, 1.165) is 24.6 Å². The molecule has 0 bridgehead atoms. The summed E-state index contributed by atoms with van der Waals surface area (Å²) in [5.41, 5.74) is 5.79. The fourth-order valence-corrected chi connectivity index (χ4v) is 2.12. The molecule has 1 aromatic rings. The Morgan fingerprint density at radius 3 is 3.12 bits per heavy atom. The second kappa shape index (κ2) is 4.35. The van der Waals surface area contributed by atoms with E-state index in [4.69, 9.17) is 5.73 Å². The predicted octanol–water partition coefficient (Wildman–Crippen LogP) is 0.181. The number of rotatable bonds is 3. The number of nitrogens with one attached hydrogen (secondary N) is 1. The summed E-state index contributed by atoms with van der Waals surface area (Å²) in [5, 5.41) is 11.5. The average molecular weight is 234 g/mol. The second-order valence-electron chi connectivity index (χ2n) is 4.76. The Kier molecular flexibility index (Phi) is 2.70. The van der Waals surface area contributed by atoms with Crippen molar-refractivity contribution in [3.63, 3.8) is 0 Å². The lowest BCUT2D eigenvalue weighted by molar-refractivity contribution is 0.508. The minimum atomic E-state index is 0.526. The van der Waals surface area contributed by atoms with Crippen molar-refractivity contribution in [2.45, 2.75) is 51.2 Å². The van der Waals surface area contributed by atoms with Crippen LogP contribution in [0.1, 0.15) is 37.3 Å². The lowest BCUT2D eigenvalue weighted by Crippen LogP contribution is -2.33. The van der Waals surface area contributed by atoms with Gasteiger partial charge in [0.15, 0.2) is 11.8 Å². The molecular formula is C11H18N6. The summed E-state index contributed by atoms with van der Waals surface area (Å²) in [7, 11) is 0. The molecule has 6 heteroatoms. The fourth-order valence-electron chi connectivity index (χ4n) is 2.12. The molecule has 1 aliphatic heterocycles. The number of aliphatic imine (C=N–C) groups is 1. The maximum atomic E-state index is 5.79. The first-order valence-electron chi connectivity index (χ1n) is 6.30. The summed E-state index contributed by atoms with van der Waals surface area (Å²) in [6.07, 6.45) is 5.87. The Morgan fingerprint density at radius 1 is 1.41 bits per heavy atom. The Hall–Kier alpha value is -1.59. The number of hydrogen-bond acceptors (Lipinski definition) is 3. The van der Waals surface area contributed by atoms with E-state index in [1.807, 2.05) is 0 Å². The fraction of sp³-hybridized carbons (Fsp3) is 0.727. The first-order valence-corrected chi connectivity index (χ1v) is 6.30. The molecule has 3 N–H and O–H groups in total. The molecular weight excluding hydrogens is 216 g/mol. The highest BCUT2D eigenvalue weighted by Gasteiger charge is 2.21. The van der Waals surface area contributed by atoms with Crippen LogP contribution in [-0.2, 0) is 19.5 Å². The molecule has 0 atom stereocenters. The quantitative estimate of drug-likeness (QED) is 0.577. The van der Waals surface area contributed by atoms with Crippen molar-refractivity contribution in [3.8, 4) is 0 Å². The van der Waals surface area contributed by atoms with Crippen LogP contribution in [0.15, 0.2) is 4.99 Å². The van der Waals surface area contributed by atoms with Gasteiger partial charge in [-0.05, 0) is 25.7 Å². The van der Waals surface area contributed by atoms with Crippen LogP contribution in [0.5, 0.6) is 0 Å². The van der Waals surface area contributed by atoms with Crippen LogP contribution in [0.3, 0.4) is 0 Å². The molecule has 1 aliphatic carbocycles. The van der Waals surface area contributed by atoms with Gasteiger partial charge in [0.25, 0.3) is 0 Å². The molecule has 1 fully saturated rings. The van der Waals surface area contributed by atoms with Gasteiger partial charge in [0.2, 0.25) is 0 Å². The average Bonchev–Trinajstić information content (AvgIpc) is 3.06. The smallest absolute Gasteiger partial charge is 0.189 e. The van der Waals surface area contributed by atoms with Crippen molar-refractivity contribution >= 4 is 5.96 Å². The normalized spacial score (nSPS) is 20.1. The van der Waals surface area contributed by atoms with Gasteiger partial charge in [-0.2, -0.15) is 0 Å². The van der Waals surface area contributed by atoms with Gasteiger partial charge >= 0.3 is 0 Å². The van der Waals surface area contributed by atoms with Gasteiger partial charge in [0, 0.05) is 19.0 Å². The Labute approximate surface area is 100 Å². The molecule has 0 amide bonds. The third kappa shape index (κ3) is 2.40. The van der Waals surface area contributed by atoms with Gasteiger partial charge in [0.1, 0.15) is 12.4 Å². The van der Waals surface area contributed by atoms with E-state index in [1.165, 1.54) is 25.7 Å². The topological polar surface area (TPSA) is 81.1 Å². The monoisotopic (exact) mass is 234 g/mol. The van der Waals surface area contributed by atoms with E-state index < -0.39 is 0 Å². The lowest BCUT2D eigenvalue weighted by atomic mass is 10.2. The molecule has 0 saturated heterocycles. The molecule has 1 saturated carbocycles. The third-order valence-corrected chi connectivity index (χ3v) is 3.26. The number of aryl methyl sites for hydroxylation is 1. The van der Waals surface area contributed by atoms with Crippen LogP contribution in [0.4, 0.5) is 0 Å². The molecule has 92 valence electrons. The molecule has 17 heavy (non-hydrogen) atoms. The molecule has 2 heterocycles. The van der Waals surface area contributed by atoms with Crippen LogP contribution in [-0.4, -0.2) is 26.8 Å². The van der Waals surface area contributed by atoms with E-state index in [2.05, 4.69) is 25.1 Å². The first-order chi connectivity index (χ1) is 8.33. The number of nitrogens with zero attached hydrogens (tertiary/aromatic N) is 4. The Bertz CT molecular complexity index is 431. The maximum Gasteiger partial charge on any atom is 0.189 e. The summed E-state index contributed by atoms with van der Waals surface area (Å²) >= 11 is 0. The van der Waals surface area contributed by atoms with E-state index in [9.17, 15) is 0 Å². The zero-order chi connectivity index (χ0) is 11.7. The van der Waals surface area contributed by atoms with E-state index in [0.29, 0.717) is 18.5 Å². The number of guanidine groups is 1. The van der Waals surface area contributed by atoms with E-state index in [-0.39, 0.29) is 0 Å². The van der Waals surface area contributed by atoms with Crippen LogP contribution in [0, 0.1) is 0 Å². The molecule has 2 aliphatic rings. The number of hydrogen-bond donors (Lipinski definition) is 2. The molecule has 1 aromatic heterocycles. The van der Waals surface area contributed by atoms with Crippen LogP contribution < -0.4 is 11.1 Å². The summed E-state index contributed by atoms with van der Waals surface area (Å²) in [6.45, 7) is 1.54. The highest BCUT2D eigenvalue weighted by molar-refractivity contribution is 5.78. The summed E-state index contributed by atoms with van der Waals surface area (Å²) in [4.78, 5) is 4.31. The Morgan fingerprint density at radius 2 is 2.29 bits per heavy atom.